The maximum absolute atomic E-state index is 12.1. The second-order valence-corrected chi connectivity index (χ2v) is 6.40. The van der Waals surface area contributed by atoms with Gasteiger partial charge in [0.1, 0.15) is 0 Å². The number of hydrogen-bond donors (Lipinski definition) is 2. The number of nitrogens with one attached hydrogen (secondary N) is 1. The molecule has 130 valence electrons. The summed E-state index contributed by atoms with van der Waals surface area (Å²) in [5, 5.41) is 8.80. The molecular weight excluding hydrogens is 292 g/mol. The molecule has 1 unspecified atom stereocenters. The summed E-state index contributed by atoms with van der Waals surface area (Å²) in [6.45, 7) is 8.01. The molecule has 0 fully saturated rings. The van der Waals surface area contributed by atoms with Crippen LogP contribution in [0.25, 0.3) is 0 Å². The monoisotopic (exact) mass is 322 g/mol. The summed E-state index contributed by atoms with van der Waals surface area (Å²) in [6, 6.07) is 8.20. The highest BCUT2D eigenvalue weighted by Crippen LogP contribution is 2.17. The molecule has 1 aromatic rings. The lowest BCUT2D eigenvalue weighted by molar-refractivity contribution is -0.135. The first-order valence-corrected chi connectivity index (χ1v) is 8.24. The molecule has 0 aliphatic heterocycles. The number of hydroxylamine groups is 1. The molecule has 0 saturated heterocycles. The van der Waals surface area contributed by atoms with E-state index in [1.54, 1.807) is 0 Å². The molecule has 0 saturated carbocycles. The van der Waals surface area contributed by atoms with Crippen molar-refractivity contribution >= 4 is 5.91 Å². The van der Waals surface area contributed by atoms with E-state index in [9.17, 15) is 4.79 Å². The van der Waals surface area contributed by atoms with Crippen LogP contribution in [-0.4, -0.2) is 49.3 Å². The Morgan fingerprint density at radius 3 is 2.43 bits per heavy atom. The van der Waals surface area contributed by atoms with E-state index in [-0.39, 0.29) is 18.4 Å². The third-order valence-electron chi connectivity index (χ3n) is 3.75. The van der Waals surface area contributed by atoms with Gasteiger partial charge < -0.3 is 10.0 Å². The summed E-state index contributed by atoms with van der Waals surface area (Å²) < 4.78 is 0. The summed E-state index contributed by atoms with van der Waals surface area (Å²) in [4.78, 5) is 19.2. The van der Waals surface area contributed by atoms with E-state index in [2.05, 4.69) is 31.5 Å². The average Bonchev–Trinajstić information content (AvgIpc) is 2.51. The minimum absolute atomic E-state index is 0.118. The number of benzene rings is 1. The fourth-order valence-corrected chi connectivity index (χ4v) is 2.26. The Hall–Kier alpha value is -1.43. The number of aliphatic hydroxyl groups excluding tert-OH is 1. The van der Waals surface area contributed by atoms with Gasteiger partial charge in [0.25, 0.3) is 5.91 Å². The fourth-order valence-electron chi connectivity index (χ4n) is 2.26. The molecule has 0 bridgehead atoms. The van der Waals surface area contributed by atoms with Crippen LogP contribution in [0.5, 0.6) is 0 Å². The maximum Gasteiger partial charge on any atom is 0.250 e. The second kappa shape index (κ2) is 10.4. The van der Waals surface area contributed by atoms with E-state index in [1.807, 2.05) is 31.0 Å². The van der Waals surface area contributed by atoms with Crippen molar-refractivity contribution in [1.29, 1.82) is 0 Å². The highest BCUT2D eigenvalue weighted by Gasteiger charge is 2.15. The molecule has 1 atom stereocenters. The standard InChI is InChI=1S/C18H30N2O3/c1-14(2)13-16-5-7-17(8-6-16)15(3)18(22)19-23-12-10-20(4)9-11-21/h5-8,14-15,21H,9-13H2,1-4H3,(H,19,22). The van der Waals surface area contributed by atoms with E-state index in [1.165, 1.54) is 5.56 Å². The number of nitrogens with zero attached hydrogens (tertiary/aromatic N) is 1. The van der Waals surface area contributed by atoms with Crippen molar-refractivity contribution in [2.45, 2.75) is 33.1 Å². The molecular formula is C18H30N2O3. The average molecular weight is 322 g/mol. The third-order valence-corrected chi connectivity index (χ3v) is 3.75. The van der Waals surface area contributed by atoms with Crippen LogP contribution in [0.1, 0.15) is 37.8 Å². The van der Waals surface area contributed by atoms with E-state index < -0.39 is 0 Å². The second-order valence-electron chi connectivity index (χ2n) is 6.40. The largest absolute Gasteiger partial charge is 0.395 e. The van der Waals surface area contributed by atoms with Crippen LogP contribution in [0, 0.1) is 5.92 Å². The lowest BCUT2D eigenvalue weighted by Gasteiger charge is -2.16. The normalized spacial score (nSPS) is 12.7. The summed E-state index contributed by atoms with van der Waals surface area (Å²) in [6.07, 6.45) is 1.05. The number of rotatable bonds is 10. The van der Waals surface area contributed by atoms with Crippen molar-refractivity contribution in [3.8, 4) is 0 Å². The van der Waals surface area contributed by atoms with Gasteiger partial charge in [-0.3, -0.25) is 9.63 Å². The lowest BCUT2D eigenvalue weighted by atomic mass is 9.96. The number of hydrogen-bond acceptors (Lipinski definition) is 4. The minimum Gasteiger partial charge on any atom is -0.395 e. The van der Waals surface area contributed by atoms with Gasteiger partial charge in [-0.2, -0.15) is 0 Å². The number of aliphatic hydroxyl groups is 1. The van der Waals surface area contributed by atoms with Gasteiger partial charge >= 0.3 is 0 Å². The third kappa shape index (κ3) is 7.59. The quantitative estimate of drug-likeness (QED) is 0.511. The van der Waals surface area contributed by atoms with Crippen molar-refractivity contribution in [3.63, 3.8) is 0 Å². The fraction of sp³-hybridized carbons (Fsp3) is 0.611. The first kappa shape index (κ1) is 19.6. The zero-order chi connectivity index (χ0) is 17.2. The lowest BCUT2D eigenvalue weighted by Crippen LogP contribution is -2.32. The molecule has 5 nitrogen and oxygen atoms in total. The maximum atomic E-state index is 12.1. The van der Waals surface area contributed by atoms with Crippen LogP contribution in [0.15, 0.2) is 24.3 Å². The van der Waals surface area contributed by atoms with Crippen LogP contribution in [0.2, 0.25) is 0 Å². The van der Waals surface area contributed by atoms with Crippen molar-refractivity contribution in [1.82, 2.24) is 10.4 Å². The van der Waals surface area contributed by atoms with Gasteiger partial charge in [0.15, 0.2) is 0 Å². The highest BCUT2D eigenvalue weighted by molar-refractivity contribution is 5.82. The Bertz CT molecular complexity index is 460. The molecule has 5 heteroatoms. The van der Waals surface area contributed by atoms with E-state index in [4.69, 9.17) is 9.94 Å². The molecule has 1 amide bonds. The van der Waals surface area contributed by atoms with Crippen LogP contribution >= 0.6 is 0 Å². The Morgan fingerprint density at radius 1 is 1.22 bits per heavy atom. The molecule has 0 spiro atoms. The van der Waals surface area contributed by atoms with E-state index in [0.29, 0.717) is 25.6 Å². The molecule has 0 radical (unpaired) electrons. The SMILES string of the molecule is CC(C)Cc1ccc(C(C)C(=O)NOCCN(C)CCO)cc1. The molecule has 0 aromatic heterocycles. The first-order chi connectivity index (χ1) is 10.9. The van der Waals surface area contributed by atoms with Crippen LogP contribution in [0.3, 0.4) is 0 Å². The number of carbonyl (C=O) groups is 1. The molecule has 2 N–H and O–H groups in total. The molecule has 1 rings (SSSR count). The van der Waals surface area contributed by atoms with E-state index >= 15 is 0 Å². The topological polar surface area (TPSA) is 61.8 Å². The van der Waals surface area contributed by atoms with Gasteiger partial charge in [0.05, 0.1) is 19.1 Å². The van der Waals surface area contributed by atoms with Gasteiger partial charge in [-0.05, 0) is 37.4 Å². The molecule has 23 heavy (non-hydrogen) atoms. The summed E-state index contributed by atoms with van der Waals surface area (Å²) in [5.41, 5.74) is 4.77. The summed E-state index contributed by atoms with van der Waals surface area (Å²) in [7, 11) is 1.89. The number of likely N-dealkylation sites (N-methyl/N-ethyl adjacent to an activating group) is 1. The van der Waals surface area contributed by atoms with Crippen molar-refractivity contribution in [2.75, 3.05) is 33.4 Å². The number of carbonyl (C=O) groups excluding carboxylic acids is 1. The zero-order valence-corrected chi connectivity index (χ0v) is 14.7. The van der Waals surface area contributed by atoms with Gasteiger partial charge in [0, 0.05) is 13.1 Å². The Labute approximate surface area is 139 Å². The Balaban J connectivity index is 2.38. The van der Waals surface area contributed by atoms with Crippen LogP contribution < -0.4 is 5.48 Å². The van der Waals surface area contributed by atoms with E-state index in [0.717, 1.165) is 12.0 Å². The number of amides is 1. The van der Waals surface area contributed by atoms with Crippen molar-refractivity contribution in [2.24, 2.45) is 5.92 Å². The van der Waals surface area contributed by atoms with Crippen molar-refractivity contribution in [3.05, 3.63) is 35.4 Å². The van der Waals surface area contributed by atoms with Crippen LogP contribution in [-0.2, 0) is 16.1 Å². The van der Waals surface area contributed by atoms with Gasteiger partial charge in [-0.25, -0.2) is 5.48 Å². The zero-order valence-electron chi connectivity index (χ0n) is 14.7. The first-order valence-electron chi connectivity index (χ1n) is 8.24. The minimum atomic E-state index is -0.252. The Kier molecular flexibility index (Phi) is 8.84. The van der Waals surface area contributed by atoms with Crippen molar-refractivity contribution < 1.29 is 14.7 Å². The molecule has 1 aromatic carbocycles. The molecule has 0 aliphatic carbocycles. The van der Waals surface area contributed by atoms with Gasteiger partial charge in [0.2, 0.25) is 0 Å². The smallest absolute Gasteiger partial charge is 0.250 e. The van der Waals surface area contributed by atoms with Crippen LogP contribution in [0.4, 0.5) is 0 Å². The Morgan fingerprint density at radius 2 is 1.87 bits per heavy atom. The summed E-state index contributed by atoms with van der Waals surface area (Å²) in [5.74, 6) is 0.226. The van der Waals surface area contributed by atoms with Gasteiger partial charge in [-0.1, -0.05) is 38.1 Å². The predicted molar refractivity (Wildman–Crippen MR) is 92.1 cm³/mol. The predicted octanol–water partition coefficient (Wildman–Crippen LogP) is 1.96. The van der Waals surface area contributed by atoms with Gasteiger partial charge in [-0.15, -0.1) is 0 Å². The molecule has 0 aliphatic rings. The molecule has 0 heterocycles. The summed E-state index contributed by atoms with van der Waals surface area (Å²) >= 11 is 0. The highest BCUT2D eigenvalue weighted by atomic mass is 16.7.